The zero-order valence-electron chi connectivity index (χ0n) is 16.7. The topological polar surface area (TPSA) is 60.0 Å². The van der Waals surface area contributed by atoms with Gasteiger partial charge in [0, 0.05) is 18.7 Å². The fourth-order valence-electron chi connectivity index (χ4n) is 4.05. The van der Waals surface area contributed by atoms with Crippen molar-refractivity contribution in [2.45, 2.75) is 32.7 Å². The van der Waals surface area contributed by atoms with Crippen LogP contribution >= 0.6 is 0 Å². The first kappa shape index (κ1) is 18.1. The molecule has 6 nitrogen and oxygen atoms in total. The SMILES string of the molecule is Cc1ccccc1Cc1nc(-c2ccc3c(c2)ncn3CCN2CCCC2)no1. The van der Waals surface area contributed by atoms with Gasteiger partial charge in [-0.05, 0) is 62.2 Å². The fraction of sp³-hybridized carbons (Fsp3) is 0.348. The lowest BCUT2D eigenvalue weighted by Gasteiger charge is -2.14. The quantitative estimate of drug-likeness (QED) is 0.499. The Bertz CT molecular complexity index is 1120. The van der Waals surface area contributed by atoms with Crippen LogP contribution in [-0.4, -0.2) is 44.2 Å². The van der Waals surface area contributed by atoms with Crippen LogP contribution in [0.3, 0.4) is 0 Å². The number of benzene rings is 2. The summed E-state index contributed by atoms with van der Waals surface area (Å²) >= 11 is 0. The molecule has 0 unspecified atom stereocenters. The zero-order chi connectivity index (χ0) is 19.6. The minimum absolute atomic E-state index is 0.613. The van der Waals surface area contributed by atoms with Crippen LogP contribution in [0.5, 0.6) is 0 Å². The van der Waals surface area contributed by atoms with E-state index >= 15 is 0 Å². The average molecular weight is 387 g/mol. The van der Waals surface area contributed by atoms with Gasteiger partial charge in [0.1, 0.15) is 0 Å². The third-order valence-corrected chi connectivity index (χ3v) is 5.81. The Morgan fingerprint density at radius 1 is 1.03 bits per heavy atom. The molecule has 1 aliphatic rings. The van der Waals surface area contributed by atoms with E-state index in [0.717, 1.165) is 29.7 Å². The zero-order valence-corrected chi connectivity index (χ0v) is 16.7. The summed E-state index contributed by atoms with van der Waals surface area (Å²) in [5.41, 5.74) is 5.48. The van der Waals surface area contributed by atoms with Crippen molar-refractivity contribution in [1.82, 2.24) is 24.6 Å². The first-order valence-electron chi connectivity index (χ1n) is 10.3. The average Bonchev–Trinajstić information content (AvgIpc) is 3.49. The Balaban J connectivity index is 1.33. The lowest BCUT2D eigenvalue weighted by Crippen LogP contribution is -2.23. The molecular weight excluding hydrogens is 362 g/mol. The monoisotopic (exact) mass is 387 g/mol. The summed E-state index contributed by atoms with van der Waals surface area (Å²) in [6, 6.07) is 14.5. The Kier molecular flexibility index (Phi) is 4.86. The maximum Gasteiger partial charge on any atom is 0.231 e. The summed E-state index contributed by atoms with van der Waals surface area (Å²) in [6.07, 6.45) is 5.23. The van der Waals surface area contributed by atoms with Gasteiger partial charge >= 0.3 is 0 Å². The molecule has 2 aromatic heterocycles. The maximum absolute atomic E-state index is 5.50. The molecule has 4 aromatic rings. The van der Waals surface area contributed by atoms with Crippen LogP contribution in [0.4, 0.5) is 0 Å². The van der Waals surface area contributed by atoms with Gasteiger partial charge in [-0.2, -0.15) is 4.98 Å². The van der Waals surface area contributed by atoms with Crippen LogP contribution in [0, 0.1) is 6.92 Å². The number of imidazole rings is 1. The van der Waals surface area contributed by atoms with Gasteiger partial charge in [0.05, 0.1) is 23.8 Å². The number of hydrogen-bond acceptors (Lipinski definition) is 5. The van der Waals surface area contributed by atoms with Crippen molar-refractivity contribution in [2.24, 2.45) is 0 Å². The van der Waals surface area contributed by atoms with E-state index in [9.17, 15) is 0 Å². The lowest BCUT2D eigenvalue weighted by atomic mass is 10.1. The molecule has 2 aromatic carbocycles. The number of fused-ring (bicyclic) bond motifs is 1. The van der Waals surface area contributed by atoms with Gasteiger partial charge in [-0.25, -0.2) is 4.98 Å². The number of nitrogens with zero attached hydrogens (tertiary/aromatic N) is 5. The summed E-state index contributed by atoms with van der Waals surface area (Å²) in [5, 5.41) is 4.19. The fourth-order valence-corrected chi connectivity index (χ4v) is 4.05. The first-order valence-corrected chi connectivity index (χ1v) is 10.3. The van der Waals surface area contributed by atoms with E-state index in [1.807, 2.05) is 24.5 Å². The summed E-state index contributed by atoms with van der Waals surface area (Å²) in [6.45, 7) is 6.60. The molecule has 0 saturated carbocycles. The number of aryl methyl sites for hydroxylation is 1. The Hall–Kier alpha value is -2.99. The van der Waals surface area contributed by atoms with E-state index < -0.39 is 0 Å². The molecule has 1 aliphatic heterocycles. The predicted molar refractivity (Wildman–Crippen MR) is 113 cm³/mol. The number of hydrogen-bond donors (Lipinski definition) is 0. The second-order valence-electron chi connectivity index (χ2n) is 7.81. The summed E-state index contributed by atoms with van der Waals surface area (Å²) in [7, 11) is 0. The standard InChI is InChI=1S/C23H25N5O/c1-17-6-2-3-7-18(17)15-22-25-23(26-29-22)19-8-9-21-20(14-19)24-16-28(21)13-12-27-10-4-5-11-27/h2-3,6-9,14,16H,4-5,10-13,15H2,1H3. The smallest absolute Gasteiger partial charge is 0.231 e. The molecule has 148 valence electrons. The van der Waals surface area contributed by atoms with Gasteiger partial charge in [0.15, 0.2) is 0 Å². The van der Waals surface area contributed by atoms with Crippen molar-refractivity contribution >= 4 is 11.0 Å². The second-order valence-corrected chi connectivity index (χ2v) is 7.81. The van der Waals surface area contributed by atoms with Crippen LogP contribution < -0.4 is 0 Å². The minimum atomic E-state index is 0.613. The number of likely N-dealkylation sites (tertiary alicyclic amines) is 1. The summed E-state index contributed by atoms with van der Waals surface area (Å²) in [4.78, 5) is 11.7. The highest BCUT2D eigenvalue weighted by molar-refractivity contribution is 5.80. The molecule has 6 heteroatoms. The van der Waals surface area contributed by atoms with Crippen molar-refractivity contribution in [3.05, 3.63) is 65.8 Å². The van der Waals surface area contributed by atoms with Gasteiger partial charge in [0.25, 0.3) is 0 Å². The van der Waals surface area contributed by atoms with Crippen LogP contribution in [-0.2, 0) is 13.0 Å². The molecule has 0 radical (unpaired) electrons. The third kappa shape index (κ3) is 3.80. The van der Waals surface area contributed by atoms with Crippen LogP contribution in [0.2, 0.25) is 0 Å². The normalized spacial score (nSPS) is 14.8. The van der Waals surface area contributed by atoms with Gasteiger partial charge in [-0.15, -0.1) is 0 Å². The van der Waals surface area contributed by atoms with Crippen molar-refractivity contribution in [2.75, 3.05) is 19.6 Å². The lowest BCUT2D eigenvalue weighted by molar-refractivity contribution is 0.324. The highest BCUT2D eigenvalue weighted by Crippen LogP contribution is 2.23. The molecule has 1 fully saturated rings. The molecule has 0 N–H and O–H groups in total. The van der Waals surface area contributed by atoms with E-state index in [0.29, 0.717) is 18.1 Å². The minimum Gasteiger partial charge on any atom is -0.339 e. The second kappa shape index (κ2) is 7.79. The van der Waals surface area contributed by atoms with Crippen LogP contribution in [0.15, 0.2) is 53.3 Å². The van der Waals surface area contributed by atoms with E-state index in [1.165, 1.54) is 37.1 Å². The van der Waals surface area contributed by atoms with Gasteiger partial charge < -0.3 is 14.0 Å². The summed E-state index contributed by atoms with van der Waals surface area (Å²) in [5.74, 6) is 1.24. The number of aromatic nitrogens is 4. The van der Waals surface area contributed by atoms with Crippen LogP contribution in [0.1, 0.15) is 29.9 Å². The molecule has 29 heavy (non-hydrogen) atoms. The van der Waals surface area contributed by atoms with Gasteiger partial charge in [0.2, 0.25) is 11.7 Å². The maximum atomic E-state index is 5.50. The molecule has 0 aliphatic carbocycles. The van der Waals surface area contributed by atoms with Gasteiger partial charge in [-0.3, -0.25) is 0 Å². The van der Waals surface area contributed by atoms with Crippen LogP contribution in [0.25, 0.3) is 22.4 Å². The molecular formula is C23H25N5O. The van der Waals surface area contributed by atoms with Crippen molar-refractivity contribution in [3.63, 3.8) is 0 Å². The number of rotatable bonds is 6. The predicted octanol–water partition coefficient (Wildman–Crippen LogP) is 4.08. The molecule has 0 atom stereocenters. The Labute approximate surface area is 170 Å². The van der Waals surface area contributed by atoms with E-state index in [-0.39, 0.29) is 0 Å². The third-order valence-electron chi connectivity index (χ3n) is 5.81. The highest BCUT2D eigenvalue weighted by atomic mass is 16.5. The van der Waals surface area contributed by atoms with E-state index in [1.54, 1.807) is 0 Å². The van der Waals surface area contributed by atoms with Crippen molar-refractivity contribution < 1.29 is 4.52 Å². The molecule has 1 saturated heterocycles. The largest absolute Gasteiger partial charge is 0.339 e. The van der Waals surface area contributed by atoms with Crippen molar-refractivity contribution in [3.8, 4) is 11.4 Å². The van der Waals surface area contributed by atoms with Crippen molar-refractivity contribution in [1.29, 1.82) is 0 Å². The highest BCUT2D eigenvalue weighted by Gasteiger charge is 2.14. The van der Waals surface area contributed by atoms with E-state index in [2.05, 4.69) is 55.8 Å². The first-order chi connectivity index (χ1) is 14.3. The Morgan fingerprint density at radius 3 is 2.76 bits per heavy atom. The molecule has 5 rings (SSSR count). The summed E-state index contributed by atoms with van der Waals surface area (Å²) < 4.78 is 7.73. The Morgan fingerprint density at radius 2 is 1.90 bits per heavy atom. The molecule has 3 heterocycles. The molecule has 0 spiro atoms. The van der Waals surface area contributed by atoms with E-state index in [4.69, 9.17) is 4.52 Å². The molecule has 0 bridgehead atoms. The van der Waals surface area contributed by atoms with Gasteiger partial charge in [-0.1, -0.05) is 29.4 Å². The molecule has 0 amide bonds.